The number of Topliss-reactive ketones (excluding diaryl/α,β-unsaturated/α-hetero) is 1. The van der Waals surface area contributed by atoms with E-state index >= 15 is 0 Å². The van der Waals surface area contributed by atoms with E-state index in [4.69, 9.17) is 0 Å². The van der Waals surface area contributed by atoms with Gasteiger partial charge in [-0.25, -0.2) is 0 Å². The van der Waals surface area contributed by atoms with Gasteiger partial charge < -0.3 is 0 Å². The van der Waals surface area contributed by atoms with Crippen molar-refractivity contribution in [2.24, 2.45) is 11.8 Å². The molecule has 1 nitrogen and oxygen atoms in total. The fourth-order valence-electron chi connectivity index (χ4n) is 5.57. The summed E-state index contributed by atoms with van der Waals surface area (Å²) in [4.78, 5) is 13.0. The lowest BCUT2D eigenvalue weighted by atomic mass is 9.62. The van der Waals surface area contributed by atoms with Crippen LogP contribution in [0.1, 0.15) is 49.3 Å². The molecule has 1 saturated carbocycles. The van der Waals surface area contributed by atoms with Crippen molar-refractivity contribution >= 4 is 16.6 Å². The molecule has 3 atom stereocenters. The van der Waals surface area contributed by atoms with E-state index in [0.717, 1.165) is 25.7 Å². The van der Waals surface area contributed by atoms with Crippen molar-refractivity contribution in [2.45, 2.75) is 50.9 Å². The van der Waals surface area contributed by atoms with Gasteiger partial charge in [-0.15, -0.1) is 0 Å². The van der Waals surface area contributed by atoms with Crippen LogP contribution in [0.15, 0.2) is 42.5 Å². The second-order valence-corrected chi connectivity index (χ2v) is 8.03. The third kappa shape index (κ3) is 1.84. The van der Waals surface area contributed by atoms with Gasteiger partial charge in [0.1, 0.15) is 5.78 Å². The van der Waals surface area contributed by atoms with Crippen molar-refractivity contribution in [2.75, 3.05) is 0 Å². The molecule has 0 N–H and O–H groups in total. The quantitative estimate of drug-likeness (QED) is 0.701. The third-order valence-electron chi connectivity index (χ3n) is 6.65. The standard InChI is InChI=1S/C23H24O/c1-2-3-15-4-6-17-12-18-7-9-22(24)23(21(18)13-19(17)10-15)14-16-5-8-20(23)11-16/h4-6,8,10,12-13,16,20H,2-3,7,9,11,14H2,1H3. The lowest BCUT2D eigenvalue weighted by Gasteiger charge is -2.39. The fraction of sp³-hybridized carbons (Fsp3) is 0.435. The van der Waals surface area contributed by atoms with E-state index in [0.29, 0.717) is 17.6 Å². The average molecular weight is 316 g/mol. The highest BCUT2D eigenvalue weighted by atomic mass is 16.1. The van der Waals surface area contributed by atoms with Crippen LogP contribution in [0, 0.1) is 11.8 Å². The van der Waals surface area contributed by atoms with Crippen LogP contribution in [0.2, 0.25) is 0 Å². The Morgan fingerprint density at radius 1 is 1.08 bits per heavy atom. The summed E-state index contributed by atoms with van der Waals surface area (Å²) >= 11 is 0. The Bertz CT molecular complexity index is 875. The molecule has 0 aliphatic heterocycles. The molecule has 2 aromatic carbocycles. The molecule has 2 aromatic rings. The summed E-state index contributed by atoms with van der Waals surface area (Å²) in [6, 6.07) is 11.6. The number of allylic oxidation sites excluding steroid dienone is 2. The van der Waals surface area contributed by atoms with Gasteiger partial charge in [0.2, 0.25) is 0 Å². The Hall–Kier alpha value is -1.89. The molecule has 1 spiro atoms. The van der Waals surface area contributed by atoms with Gasteiger partial charge in [-0.05, 0) is 71.0 Å². The minimum Gasteiger partial charge on any atom is -0.299 e. The van der Waals surface area contributed by atoms with E-state index in [9.17, 15) is 4.79 Å². The number of fused-ring (bicyclic) bond motifs is 6. The van der Waals surface area contributed by atoms with E-state index in [1.165, 1.54) is 40.3 Å². The summed E-state index contributed by atoms with van der Waals surface area (Å²) in [6.07, 6.45) is 10.8. The highest BCUT2D eigenvalue weighted by molar-refractivity contribution is 5.96. The van der Waals surface area contributed by atoms with Crippen molar-refractivity contribution in [3.63, 3.8) is 0 Å². The molecule has 3 aliphatic carbocycles. The maximum absolute atomic E-state index is 13.0. The topological polar surface area (TPSA) is 17.1 Å². The average Bonchev–Trinajstić information content (AvgIpc) is 3.20. The van der Waals surface area contributed by atoms with Crippen molar-refractivity contribution in [3.05, 3.63) is 59.2 Å². The number of carbonyl (C=O) groups is 1. The van der Waals surface area contributed by atoms with Gasteiger partial charge in [0.05, 0.1) is 5.41 Å². The molecule has 0 saturated heterocycles. The van der Waals surface area contributed by atoms with Crippen LogP contribution < -0.4 is 0 Å². The van der Waals surface area contributed by atoms with Gasteiger partial charge >= 0.3 is 0 Å². The first-order chi connectivity index (χ1) is 11.7. The monoisotopic (exact) mass is 316 g/mol. The predicted octanol–water partition coefficient (Wildman–Crippen LogP) is 5.14. The van der Waals surface area contributed by atoms with Gasteiger partial charge in [0.25, 0.3) is 0 Å². The number of carbonyl (C=O) groups excluding carboxylic acids is 1. The summed E-state index contributed by atoms with van der Waals surface area (Å²) in [5.41, 5.74) is 3.99. The van der Waals surface area contributed by atoms with Crippen LogP contribution in [-0.2, 0) is 23.1 Å². The normalized spacial score (nSPS) is 30.5. The summed E-state index contributed by atoms with van der Waals surface area (Å²) in [5, 5.41) is 2.65. The SMILES string of the molecule is CCCc1ccc2cc3c(cc2c1)C1(CC2C=CC1C2)C(=O)CC3. The molecule has 122 valence electrons. The van der Waals surface area contributed by atoms with Gasteiger partial charge in [-0.3, -0.25) is 4.79 Å². The van der Waals surface area contributed by atoms with E-state index in [2.05, 4.69) is 49.4 Å². The molecule has 0 radical (unpaired) electrons. The molecule has 0 amide bonds. The molecule has 24 heavy (non-hydrogen) atoms. The molecular formula is C23H24O. The van der Waals surface area contributed by atoms with Crippen LogP contribution >= 0.6 is 0 Å². The second kappa shape index (κ2) is 5.05. The van der Waals surface area contributed by atoms with E-state index in [-0.39, 0.29) is 5.41 Å². The second-order valence-electron chi connectivity index (χ2n) is 8.03. The number of aryl methyl sites for hydroxylation is 2. The molecule has 2 bridgehead atoms. The molecule has 0 aromatic heterocycles. The molecule has 5 rings (SSSR count). The van der Waals surface area contributed by atoms with Crippen LogP contribution in [-0.4, -0.2) is 5.78 Å². The Labute approximate surface area is 143 Å². The Morgan fingerprint density at radius 3 is 2.75 bits per heavy atom. The smallest absolute Gasteiger partial charge is 0.144 e. The molecule has 3 unspecified atom stereocenters. The minimum atomic E-state index is -0.206. The van der Waals surface area contributed by atoms with Crippen LogP contribution in [0.3, 0.4) is 0 Å². The van der Waals surface area contributed by atoms with Crippen LogP contribution in [0.4, 0.5) is 0 Å². The summed E-state index contributed by atoms with van der Waals surface area (Å²) in [5.74, 6) is 1.55. The number of hydrogen-bond acceptors (Lipinski definition) is 1. The zero-order valence-corrected chi connectivity index (χ0v) is 14.3. The summed E-state index contributed by atoms with van der Waals surface area (Å²) in [7, 11) is 0. The van der Waals surface area contributed by atoms with Crippen molar-refractivity contribution in [1.82, 2.24) is 0 Å². The van der Waals surface area contributed by atoms with E-state index < -0.39 is 0 Å². The summed E-state index contributed by atoms with van der Waals surface area (Å²) < 4.78 is 0. The van der Waals surface area contributed by atoms with Gasteiger partial charge in [-0.1, -0.05) is 49.8 Å². The van der Waals surface area contributed by atoms with E-state index in [1.807, 2.05) is 0 Å². The highest BCUT2D eigenvalue weighted by Crippen LogP contribution is 2.57. The van der Waals surface area contributed by atoms with E-state index in [1.54, 1.807) is 0 Å². The number of ketones is 1. The highest BCUT2D eigenvalue weighted by Gasteiger charge is 2.55. The number of rotatable bonds is 2. The maximum atomic E-state index is 13.0. The summed E-state index contributed by atoms with van der Waals surface area (Å²) in [6.45, 7) is 2.23. The molecule has 3 aliphatic rings. The largest absolute Gasteiger partial charge is 0.299 e. The van der Waals surface area contributed by atoms with Crippen LogP contribution in [0.25, 0.3) is 10.8 Å². The maximum Gasteiger partial charge on any atom is 0.144 e. The molecule has 0 heterocycles. The van der Waals surface area contributed by atoms with Gasteiger partial charge in [0.15, 0.2) is 0 Å². The van der Waals surface area contributed by atoms with Gasteiger partial charge in [-0.2, -0.15) is 0 Å². The lowest BCUT2D eigenvalue weighted by molar-refractivity contribution is -0.126. The molecule has 1 heteroatoms. The Morgan fingerprint density at radius 2 is 2.00 bits per heavy atom. The van der Waals surface area contributed by atoms with Crippen molar-refractivity contribution in [3.8, 4) is 0 Å². The van der Waals surface area contributed by atoms with Crippen molar-refractivity contribution < 1.29 is 4.79 Å². The Kier molecular flexibility index (Phi) is 3.04. The minimum absolute atomic E-state index is 0.206. The number of hydrogen-bond donors (Lipinski definition) is 0. The first-order valence-electron chi connectivity index (χ1n) is 9.48. The van der Waals surface area contributed by atoms with Crippen LogP contribution in [0.5, 0.6) is 0 Å². The van der Waals surface area contributed by atoms with Gasteiger partial charge in [0, 0.05) is 6.42 Å². The first-order valence-corrected chi connectivity index (χ1v) is 9.48. The van der Waals surface area contributed by atoms with Crippen molar-refractivity contribution in [1.29, 1.82) is 0 Å². The fourth-order valence-corrected chi connectivity index (χ4v) is 5.57. The Balaban J connectivity index is 1.72. The molecular weight excluding hydrogens is 292 g/mol. The zero-order valence-electron chi connectivity index (χ0n) is 14.3. The lowest BCUT2D eigenvalue weighted by Crippen LogP contribution is -2.43. The zero-order chi connectivity index (χ0) is 16.3. The third-order valence-corrected chi connectivity index (χ3v) is 6.65. The predicted molar refractivity (Wildman–Crippen MR) is 98.3 cm³/mol. The number of benzene rings is 2. The first kappa shape index (κ1) is 14.5. The molecule has 1 fully saturated rings.